The third-order valence-corrected chi connectivity index (χ3v) is 13.0. The molecule has 2 aliphatic carbocycles. The molecule has 284 valence electrons. The van der Waals surface area contributed by atoms with Crippen LogP contribution in [0.4, 0.5) is 17.3 Å². The number of benzene rings is 8. The number of hydrogen-bond donors (Lipinski definition) is 0. The van der Waals surface area contributed by atoms with E-state index in [9.17, 15) is 0 Å². The second kappa shape index (κ2) is 13.0. The van der Waals surface area contributed by atoms with Gasteiger partial charge in [-0.05, 0) is 139 Å². The Bertz CT molecular complexity index is 3450. The van der Waals surface area contributed by atoms with E-state index in [4.69, 9.17) is 9.97 Å². The lowest BCUT2D eigenvalue weighted by atomic mass is 9.70. The highest BCUT2D eigenvalue weighted by Gasteiger charge is 2.51. The van der Waals surface area contributed by atoms with Gasteiger partial charge in [-0.25, -0.2) is 9.97 Å². The zero-order valence-corrected chi connectivity index (χ0v) is 33.1. The molecular weight excluding hydrogens is 741 g/mol. The molecule has 0 aliphatic heterocycles. The Morgan fingerprint density at radius 1 is 0.410 bits per heavy atom. The highest BCUT2D eigenvalue weighted by molar-refractivity contribution is 6.24. The summed E-state index contributed by atoms with van der Waals surface area (Å²) in [4.78, 5) is 11.8. The van der Waals surface area contributed by atoms with Crippen molar-refractivity contribution in [3.63, 3.8) is 0 Å². The number of anilines is 3. The minimum atomic E-state index is -0.528. The summed E-state index contributed by atoms with van der Waals surface area (Å²) in [5, 5.41) is 5.15. The molecule has 3 aromatic heterocycles. The van der Waals surface area contributed by atoms with Crippen molar-refractivity contribution >= 4 is 62.1 Å². The van der Waals surface area contributed by atoms with Gasteiger partial charge in [-0.15, -0.1) is 0 Å². The van der Waals surface area contributed by atoms with Crippen molar-refractivity contribution in [3.8, 4) is 27.9 Å². The van der Waals surface area contributed by atoms with Crippen LogP contribution in [-0.4, -0.2) is 14.5 Å². The highest BCUT2D eigenvalue weighted by atomic mass is 15.2. The van der Waals surface area contributed by atoms with Crippen molar-refractivity contribution in [2.75, 3.05) is 4.90 Å². The Balaban J connectivity index is 1.000. The number of para-hydroxylation sites is 1. The van der Waals surface area contributed by atoms with Crippen molar-refractivity contribution in [2.24, 2.45) is 0 Å². The molecule has 1 spiro atoms. The summed E-state index contributed by atoms with van der Waals surface area (Å²) in [6.07, 6.45) is 8.27. The van der Waals surface area contributed by atoms with Crippen LogP contribution < -0.4 is 4.90 Å². The first-order valence-electron chi connectivity index (χ1n) is 20.9. The summed E-state index contributed by atoms with van der Waals surface area (Å²) in [6, 6.07) is 70.6. The maximum atomic E-state index is 4.82. The van der Waals surface area contributed by atoms with Crippen LogP contribution in [0.3, 0.4) is 0 Å². The molecule has 0 N–H and O–H groups in total. The first-order chi connectivity index (χ1) is 30.3. The van der Waals surface area contributed by atoms with Crippen LogP contribution in [0.15, 0.2) is 207 Å². The third kappa shape index (κ3) is 4.82. The maximum absolute atomic E-state index is 4.82. The summed E-state index contributed by atoms with van der Waals surface area (Å²) in [5.41, 5.74) is 16.7. The number of hydrogen-bond acceptors (Lipinski definition) is 3. The average molecular weight is 777 g/mol. The zero-order valence-electron chi connectivity index (χ0n) is 33.1. The molecule has 0 fully saturated rings. The Morgan fingerprint density at radius 2 is 1.02 bits per heavy atom. The topological polar surface area (TPSA) is 34.0 Å². The molecule has 61 heavy (non-hydrogen) atoms. The average Bonchev–Trinajstić information content (AvgIpc) is 3.93. The minimum Gasteiger partial charge on any atom is -0.309 e. The molecule has 0 saturated heterocycles. The van der Waals surface area contributed by atoms with Gasteiger partial charge in [0.2, 0.25) is 0 Å². The summed E-state index contributed by atoms with van der Waals surface area (Å²) in [5.74, 6) is 1.63. The van der Waals surface area contributed by atoms with Crippen LogP contribution in [-0.2, 0) is 5.41 Å². The molecule has 8 aromatic carbocycles. The van der Waals surface area contributed by atoms with E-state index in [1.165, 1.54) is 88.3 Å². The van der Waals surface area contributed by atoms with E-state index < -0.39 is 5.41 Å². The second-order valence-corrected chi connectivity index (χ2v) is 16.2. The summed E-state index contributed by atoms with van der Waals surface area (Å²) in [7, 11) is 0. The van der Waals surface area contributed by atoms with Gasteiger partial charge in [0, 0.05) is 34.5 Å². The van der Waals surface area contributed by atoms with Crippen molar-refractivity contribution in [3.05, 3.63) is 240 Å². The molecule has 3 heterocycles. The molecule has 13 rings (SSSR count). The Labute approximate surface area is 353 Å². The molecule has 0 bridgehead atoms. The summed E-state index contributed by atoms with van der Waals surface area (Å²) in [6.45, 7) is 0. The number of nitrogens with zero attached hydrogens (tertiary/aromatic N) is 4. The van der Waals surface area contributed by atoms with E-state index in [-0.39, 0.29) is 0 Å². The molecule has 4 heteroatoms. The number of pyridine rings is 2. The maximum Gasteiger partial charge on any atom is 0.138 e. The lowest BCUT2D eigenvalue weighted by Crippen LogP contribution is -2.26. The quantitative estimate of drug-likeness (QED) is 0.125. The minimum absolute atomic E-state index is 0.528. The SMILES string of the molecule is C(=Cc1cc2ccc3cccc4c3c2c(c1)n4-c1ccccc1)c1ccc2c(c1)C1(c3ccccc3-c3ccccc31)c1cc(N(c3ccccn3)c3ccccn3)ccc1-2. The smallest absolute Gasteiger partial charge is 0.138 e. The summed E-state index contributed by atoms with van der Waals surface area (Å²) < 4.78 is 2.42. The van der Waals surface area contributed by atoms with E-state index >= 15 is 0 Å². The number of rotatable bonds is 6. The van der Waals surface area contributed by atoms with E-state index in [2.05, 4.69) is 179 Å². The molecular formula is C57H36N4. The molecule has 4 nitrogen and oxygen atoms in total. The van der Waals surface area contributed by atoms with E-state index in [0.717, 1.165) is 22.9 Å². The van der Waals surface area contributed by atoms with Gasteiger partial charge in [0.1, 0.15) is 11.6 Å². The predicted octanol–water partition coefficient (Wildman–Crippen LogP) is 14.1. The van der Waals surface area contributed by atoms with Crippen LogP contribution in [0.5, 0.6) is 0 Å². The highest BCUT2D eigenvalue weighted by Crippen LogP contribution is 2.63. The van der Waals surface area contributed by atoms with Crippen LogP contribution in [0.1, 0.15) is 33.4 Å². The Kier molecular flexibility index (Phi) is 7.19. The van der Waals surface area contributed by atoms with Crippen LogP contribution >= 0.6 is 0 Å². The van der Waals surface area contributed by atoms with E-state index in [1.54, 1.807) is 0 Å². The first kappa shape index (κ1) is 33.8. The van der Waals surface area contributed by atoms with Gasteiger partial charge in [-0.1, -0.05) is 133 Å². The van der Waals surface area contributed by atoms with Crippen molar-refractivity contribution < 1.29 is 0 Å². The van der Waals surface area contributed by atoms with E-state index in [1.807, 2.05) is 48.8 Å². The monoisotopic (exact) mass is 776 g/mol. The lowest BCUT2D eigenvalue weighted by Gasteiger charge is -2.32. The lowest BCUT2D eigenvalue weighted by molar-refractivity contribution is 0.793. The fourth-order valence-electron chi connectivity index (χ4n) is 10.6. The fourth-order valence-corrected chi connectivity index (χ4v) is 10.6. The number of aromatic nitrogens is 3. The van der Waals surface area contributed by atoms with Gasteiger partial charge in [0.25, 0.3) is 0 Å². The van der Waals surface area contributed by atoms with E-state index in [0.29, 0.717) is 0 Å². The van der Waals surface area contributed by atoms with Crippen molar-refractivity contribution in [1.82, 2.24) is 14.5 Å². The normalized spacial score (nSPS) is 13.3. The molecule has 0 atom stereocenters. The van der Waals surface area contributed by atoms with Crippen molar-refractivity contribution in [1.29, 1.82) is 0 Å². The third-order valence-electron chi connectivity index (χ3n) is 13.0. The predicted molar refractivity (Wildman–Crippen MR) is 251 cm³/mol. The van der Waals surface area contributed by atoms with Crippen LogP contribution in [0.25, 0.3) is 72.7 Å². The number of fused-ring (bicyclic) bond motifs is 10. The standard InChI is InChI=1S/C57H36N4/c1-2-14-41(15-3-1)60-51-20-12-13-39-26-27-40-33-38(35-52(60)56(40)55(39)51)24-23-37-25-29-45-46-30-28-42(61(53-21-8-10-31-58-53)54-22-9-11-32-59-54)36-50(46)57(49(45)34-37)47-18-6-4-16-43(47)44-17-5-7-19-48(44)57/h1-36H. The molecule has 0 amide bonds. The Hall–Kier alpha value is -8.08. The second-order valence-electron chi connectivity index (χ2n) is 16.2. The Morgan fingerprint density at radius 3 is 1.74 bits per heavy atom. The first-order valence-corrected chi connectivity index (χ1v) is 20.9. The van der Waals surface area contributed by atoms with Gasteiger partial charge in [-0.3, -0.25) is 4.90 Å². The molecule has 0 radical (unpaired) electrons. The molecule has 0 saturated carbocycles. The fraction of sp³-hybridized carbons (Fsp3) is 0.0175. The van der Waals surface area contributed by atoms with Gasteiger partial charge in [0.15, 0.2) is 0 Å². The largest absolute Gasteiger partial charge is 0.309 e. The van der Waals surface area contributed by atoms with Crippen LogP contribution in [0, 0.1) is 0 Å². The molecule has 11 aromatic rings. The zero-order chi connectivity index (χ0) is 40.1. The molecule has 0 unspecified atom stereocenters. The molecule has 2 aliphatic rings. The van der Waals surface area contributed by atoms with Gasteiger partial charge in [-0.2, -0.15) is 0 Å². The van der Waals surface area contributed by atoms with Gasteiger partial charge >= 0.3 is 0 Å². The van der Waals surface area contributed by atoms with Crippen LogP contribution in [0.2, 0.25) is 0 Å². The van der Waals surface area contributed by atoms with Gasteiger partial charge < -0.3 is 4.57 Å². The van der Waals surface area contributed by atoms with Gasteiger partial charge in [0.05, 0.1) is 16.4 Å². The summed E-state index contributed by atoms with van der Waals surface area (Å²) >= 11 is 0. The van der Waals surface area contributed by atoms with Crippen molar-refractivity contribution in [2.45, 2.75) is 5.41 Å².